The minimum absolute atomic E-state index is 0.0486. The third-order valence-electron chi connectivity index (χ3n) is 2.76. The molecule has 6 N–H and O–H groups in total. The molecule has 12 heteroatoms. The summed E-state index contributed by atoms with van der Waals surface area (Å²) in [7, 11) is 0. The molecule has 0 aliphatic carbocycles. The summed E-state index contributed by atoms with van der Waals surface area (Å²) in [5.74, 6) is 0. The highest BCUT2D eigenvalue weighted by atomic mass is 16.8. The predicted molar refractivity (Wildman–Crippen MR) is 97.7 cm³/mol. The fourth-order valence-corrected chi connectivity index (χ4v) is 1.52. The van der Waals surface area contributed by atoms with Crippen molar-refractivity contribution < 1.29 is 49.3 Å². The Balaban J connectivity index is 0. The van der Waals surface area contributed by atoms with Crippen LogP contribution < -0.4 is 5.32 Å². The minimum Gasteiger partial charge on any atom is -0.447 e. The number of hydrogen-bond acceptors (Lipinski definition) is 11. The van der Waals surface area contributed by atoms with Crippen LogP contribution in [0.15, 0.2) is 0 Å². The molecule has 1 saturated heterocycles. The summed E-state index contributed by atoms with van der Waals surface area (Å²) in [6.45, 7) is 4.85. The molecule has 2 atom stereocenters. The molecule has 168 valence electrons. The van der Waals surface area contributed by atoms with E-state index in [2.05, 4.69) is 19.5 Å². The van der Waals surface area contributed by atoms with Gasteiger partial charge in [-0.2, -0.15) is 0 Å². The molecular formula is C16H34N2O10. The minimum atomic E-state index is -0.718. The number of nitrogens with one attached hydrogen (secondary N) is 1. The van der Waals surface area contributed by atoms with E-state index in [9.17, 15) is 9.59 Å². The van der Waals surface area contributed by atoms with Gasteiger partial charge in [0.25, 0.3) is 0 Å². The number of cyclic esters (lactones) is 2. The SMILES string of the molecule is CC(O)COC(=O)N(CCO)CCO.CC1COC(=O)O1.OCCNCCO. The Morgan fingerprint density at radius 1 is 1.18 bits per heavy atom. The molecule has 0 spiro atoms. The molecule has 1 aliphatic rings. The molecule has 0 saturated carbocycles. The molecule has 0 aromatic rings. The predicted octanol–water partition coefficient (Wildman–Crippen LogP) is -2.11. The zero-order valence-corrected chi connectivity index (χ0v) is 16.5. The Labute approximate surface area is 164 Å². The number of amides is 1. The molecule has 1 amide bonds. The van der Waals surface area contributed by atoms with Crippen molar-refractivity contribution >= 4 is 12.2 Å². The number of aliphatic hydroxyl groups is 5. The highest BCUT2D eigenvalue weighted by Gasteiger charge is 2.19. The molecule has 1 fully saturated rings. The fraction of sp³-hybridized carbons (Fsp3) is 0.875. The van der Waals surface area contributed by atoms with Crippen LogP contribution in [0.2, 0.25) is 0 Å². The highest BCUT2D eigenvalue weighted by molar-refractivity contribution is 5.67. The first-order valence-electron chi connectivity index (χ1n) is 8.89. The average Bonchev–Trinajstić information content (AvgIpc) is 3.04. The Morgan fingerprint density at radius 3 is 2.00 bits per heavy atom. The number of aliphatic hydroxyl groups excluding tert-OH is 5. The van der Waals surface area contributed by atoms with Gasteiger partial charge in [-0.15, -0.1) is 0 Å². The lowest BCUT2D eigenvalue weighted by atomic mass is 10.4. The van der Waals surface area contributed by atoms with Crippen LogP contribution in [0.1, 0.15) is 13.8 Å². The summed E-state index contributed by atoms with van der Waals surface area (Å²) in [5.41, 5.74) is 0. The van der Waals surface area contributed by atoms with Crippen LogP contribution in [0.4, 0.5) is 9.59 Å². The van der Waals surface area contributed by atoms with Crippen molar-refractivity contribution in [3.8, 4) is 0 Å². The summed E-state index contributed by atoms with van der Waals surface area (Å²) in [5, 5.41) is 45.1. The standard InChI is InChI=1S/C8H17NO5.C4H11NO2.C4H6O3/c1-7(12)6-14-8(13)9(2-4-10)3-5-11;6-3-1-5-2-4-7;1-3-2-6-4(5)7-3/h7,10-12H,2-6H2,1H3;5-7H,1-4H2;3H,2H2,1H3. The molecule has 0 aromatic heterocycles. The van der Waals surface area contributed by atoms with E-state index in [1.54, 1.807) is 6.92 Å². The van der Waals surface area contributed by atoms with Crippen LogP contribution in [-0.4, -0.2) is 121 Å². The van der Waals surface area contributed by atoms with E-state index in [0.29, 0.717) is 19.7 Å². The average molecular weight is 414 g/mol. The largest absolute Gasteiger partial charge is 0.508 e. The van der Waals surface area contributed by atoms with E-state index < -0.39 is 18.4 Å². The van der Waals surface area contributed by atoms with Gasteiger partial charge in [0.1, 0.15) is 19.3 Å². The Hall–Kier alpha value is -1.70. The molecule has 0 radical (unpaired) electrons. The zero-order valence-electron chi connectivity index (χ0n) is 16.5. The van der Waals surface area contributed by atoms with Crippen LogP contribution in [-0.2, 0) is 14.2 Å². The van der Waals surface area contributed by atoms with Crippen molar-refractivity contribution in [3.05, 3.63) is 0 Å². The van der Waals surface area contributed by atoms with Crippen LogP contribution in [0.3, 0.4) is 0 Å². The normalized spacial score (nSPS) is 15.8. The third kappa shape index (κ3) is 19.1. The highest BCUT2D eigenvalue weighted by Crippen LogP contribution is 2.02. The molecule has 28 heavy (non-hydrogen) atoms. The van der Waals surface area contributed by atoms with Gasteiger partial charge in [0.2, 0.25) is 0 Å². The summed E-state index contributed by atoms with van der Waals surface area (Å²) in [6.07, 6.45) is -1.96. The quantitative estimate of drug-likeness (QED) is 0.170. The van der Waals surface area contributed by atoms with Crippen LogP contribution in [0.5, 0.6) is 0 Å². The lowest BCUT2D eigenvalue weighted by Gasteiger charge is -2.20. The number of carbonyl (C=O) groups is 2. The van der Waals surface area contributed by atoms with Crippen molar-refractivity contribution in [2.24, 2.45) is 0 Å². The van der Waals surface area contributed by atoms with E-state index in [0.717, 1.165) is 0 Å². The zero-order chi connectivity index (χ0) is 21.8. The summed E-state index contributed by atoms with van der Waals surface area (Å²) < 4.78 is 13.6. The maximum atomic E-state index is 11.2. The van der Waals surface area contributed by atoms with Crippen molar-refractivity contribution in [1.29, 1.82) is 0 Å². The Morgan fingerprint density at radius 2 is 1.71 bits per heavy atom. The van der Waals surface area contributed by atoms with Crippen LogP contribution >= 0.6 is 0 Å². The van der Waals surface area contributed by atoms with Gasteiger partial charge in [0.15, 0.2) is 0 Å². The molecule has 1 heterocycles. The molecular weight excluding hydrogens is 380 g/mol. The summed E-state index contributed by atoms with van der Waals surface area (Å²) in [4.78, 5) is 22.4. The van der Waals surface area contributed by atoms with Gasteiger partial charge in [-0.25, -0.2) is 9.59 Å². The number of nitrogens with zero attached hydrogens (tertiary/aromatic N) is 1. The number of hydrogen-bond donors (Lipinski definition) is 6. The lowest BCUT2D eigenvalue weighted by molar-refractivity contribution is 0.0478. The van der Waals surface area contributed by atoms with E-state index in [1.807, 2.05) is 0 Å². The van der Waals surface area contributed by atoms with E-state index in [4.69, 9.17) is 25.5 Å². The lowest BCUT2D eigenvalue weighted by Crippen LogP contribution is -2.37. The van der Waals surface area contributed by atoms with Crippen molar-refractivity contribution in [1.82, 2.24) is 10.2 Å². The van der Waals surface area contributed by atoms with E-state index >= 15 is 0 Å². The van der Waals surface area contributed by atoms with E-state index in [1.165, 1.54) is 11.8 Å². The molecule has 0 aromatic carbocycles. The fourth-order valence-electron chi connectivity index (χ4n) is 1.52. The number of rotatable bonds is 10. The van der Waals surface area contributed by atoms with Crippen molar-refractivity contribution in [2.75, 3.05) is 65.8 Å². The molecule has 1 aliphatic heterocycles. The molecule has 12 nitrogen and oxygen atoms in total. The van der Waals surface area contributed by atoms with Crippen molar-refractivity contribution in [2.45, 2.75) is 26.1 Å². The second kappa shape index (κ2) is 20.0. The smallest absolute Gasteiger partial charge is 0.447 e. The first-order valence-corrected chi connectivity index (χ1v) is 8.89. The van der Waals surface area contributed by atoms with Gasteiger partial charge >= 0.3 is 12.2 Å². The van der Waals surface area contributed by atoms with Gasteiger partial charge in [0.05, 0.1) is 32.5 Å². The van der Waals surface area contributed by atoms with Crippen molar-refractivity contribution in [3.63, 3.8) is 0 Å². The third-order valence-corrected chi connectivity index (χ3v) is 2.76. The summed E-state index contributed by atoms with van der Waals surface area (Å²) >= 11 is 0. The first kappa shape index (κ1) is 28.5. The Kier molecular flexibility index (Phi) is 20.4. The monoisotopic (exact) mass is 414 g/mol. The molecule has 2 unspecified atom stereocenters. The maximum absolute atomic E-state index is 11.2. The van der Waals surface area contributed by atoms with Gasteiger partial charge in [-0.1, -0.05) is 0 Å². The second-order valence-electron chi connectivity index (χ2n) is 5.55. The van der Waals surface area contributed by atoms with Gasteiger partial charge in [-0.05, 0) is 13.8 Å². The maximum Gasteiger partial charge on any atom is 0.508 e. The molecule has 0 bridgehead atoms. The van der Waals surface area contributed by atoms with Gasteiger partial charge in [-0.3, -0.25) is 0 Å². The Bertz CT molecular complexity index is 374. The molecule has 1 rings (SSSR count). The first-order chi connectivity index (χ1) is 13.3. The number of carbonyl (C=O) groups excluding carboxylic acids is 2. The van der Waals surface area contributed by atoms with Gasteiger partial charge in [0, 0.05) is 26.2 Å². The topological polar surface area (TPSA) is 178 Å². The number of ether oxygens (including phenoxy) is 3. The van der Waals surface area contributed by atoms with Gasteiger partial charge < -0.3 is 50.0 Å². The second-order valence-corrected chi connectivity index (χ2v) is 5.55. The van der Waals surface area contributed by atoms with Crippen LogP contribution in [0, 0.1) is 0 Å². The van der Waals surface area contributed by atoms with E-state index in [-0.39, 0.29) is 52.2 Å². The summed E-state index contributed by atoms with van der Waals surface area (Å²) in [6, 6.07) is 0. The van der Waals surface area contributed by atoms with Crippen LogP contribution in [0.25, 0.3) is 0 Å².